The summed E-state index contributed by atoms with van der Waals surface area (Å²) in [6.07, 6.45) is -3.76. The Balaban J connectivity index is 1.95. The van der Waals surface area contributed by atoms with Gasteiger partial charge in [0.1, 0.15) is 5.75 Å². The number of rotatable bonds is 6. The number of ether oxygens (including phenoxy) is 1. The molecule has 1 atom stereocenters. The number of alkyl halides is 3. The highest BCUT2D eigenvalue weighted by atomic mass is 19.4. The fourth-order valence-corrected chi connectivity index (χ4v) is 3.26. The van der Waals surface area contributed by atoms with E-state index in [1.54, 1.807) is 31.2 Å². The van der Waals surface area contributed by atoms with Crippen molar-refractivity contribution in [2.75, 3.05) is 11.9 Å². The first-order chi connectivity index (χ1) is 14.7. The summed E-state index contributed by atoms with van der Waals surface area (Å²) in [5.41, 5.74) is 0.152. The van der Waals surface area contributed by atoms with Gasteiger partial charge in [-0.25, -0.2) is 4.79 Å². The van der Waals surface area contributed by atoms with E-state index in [1.807, 2.05) is 6.92 Å². The lowest BCUT2D eigenvalue weighted by Gasteiger charge is -2.29. The van der Waals surface area contributed by atoms with Crippen LogP contribution in [0.3, 0.4) is 0 Å². The summed E-state index contributed by atoms with van der Waals surface area (Å²) in [5, 5.41) is 7.75. The quantitative estimate of drug-likeness (QED) is 0.615. The highest BCUT2D eigenvalue weighted by Crippen LogP contribution is 2.34. The van der Waals surface area contributed by atoms with Crippen LogP contribution in [0.4, 0.5) is 23.7 Å². The summed E-state index contributed by atoms with van der Waals surface area (Å²) in [6.45, 7) is 3.96. The molecule has 1 aliphatic rings. The summed E-state index contributed by atoms with van der Waals surface area (Å²) in [4.78, 5) is 25.2. The van der Waals surface area contributed by atoms with Crippen molar-refractivity contribution in [2.45, 2.75) is 32.5 Å². The van der Waals surface area contributed by atoms with Gasteiger partial charge in [0.05, 0.1) is 23.8 Å². The van der Waals surface area contributed by atoms with Crippen LogP contribution in [-0.4, -0.2) is 18.5 Å². The predicted molar refractivity (Wildman–Crippen MR) is 109 cm³/mol. The van der Waals surface area contributed by atoms with Crippen molar-refractivity contribution in [1.82, 2.24) is 10.6 Å². The molecule has 1 aliphatic heterocycles. The zero-order valence-corrected chi connectivity index (χ0v) is 17.0. The van der Waals surface area contributed by atoms with Crippen molar-refractivity contribution >= 4 is 17.6 Å². The number of anilines is 1. The van der Waals surface area contributed by atoms with Crippen LogP contribution in [0.1, 0.15) is 37.4 Å². The number of benzene rings is 2. The smallest absolute Gasteiger partial charge is 0.416 e. The zero-order chi connectivity index (χ0) is 22.6. The van der Waals surface area contributed by atoms with E-state index >= 15 is 0 Å². The molecule has 3 amide bonds. The molecular formula is C22H22F3N3O3. The van der Waals surface area contributed by atoms with E-state index in [2.05, 4.69) is 16.0 Å². The van der Waals surface area contributed by atoms with Crippen molar-refractivity contribution in [3.05, 3.63) is 70.9 Å². The van der Waals surface area contributed by atoms with Crippen LogP contribution in [0.15, 0.2) is 59.8 Å². The number of carbonyl (C=O) groups is 2. The first-order valence-corrected chi connectivity index (χ1v) is 9.69. The van der Waals surface area contributed by atoms with Crippen molar-refractivity contribution in [1.29, 1.82) is 0 Å². The molecule has 0 spiro atoms. The monoisotopic (exact) mass is 433 g/mol. The van der Waals surface area contributed by atoms with Crippen molar-refractivity contribution < 1.29 is 27.5 Å². The van der Waals surface area contributed by atoms with Crippen LogP contribution in [0.5, 0.6) is 5.75 Å². The predicted octanol–water partition coefficient (Wildman–Crippen LogP) is 4.76. The molecule has 0 saturated carbocycles. The maximum absolute atomic E-state index is 13.1. The summed E-state index contributed by atoms with van der Waals surface area (Å²) in [7, 11) is 0. The number of allylic oxidation sites excluding steroid dienone is 1. The average Bonchev–Trinajstić information content (AvgIpc) is 2.71. The van der Waals surface area contributed by atoms with Crippen LogP contribution >= 0.6 is 0 Å². The number of hydrogen-bond donors (Lipinski definition) is 3. The Bertz CT molecular complexity index is 1020. The third kappa shape index (κ3) is 5.17. The van der Waals surface area contributed by atoms with Crippen molar-refractivity contribution in [2.24, 2.45) is 0 Å². The second-order valence-corrected chi connectivity index (χ2v) is 6.99. The lowest BCUT2D eigenvalue weighted by Crippen LogP contribution is -2.46. The molecule has 2 aromatic carbocycles. The summed E-state index contributed by atoms with van der Waals surface area (Å²) >= 11 is 0. The molecule has 3 rings (SSSR count). The lowest BCUT2D eigenvalue weighted by atomic mass is 9.94. The Morgan fingerprint density at radius 3 is 2.61 bits per heavy atom. The Labute approximate surface area is 177 Å². The molecule has 1 unspecified atom stereocenters. The molecule has 1 heterocycles. The maximum atomic E-state index is 13.1. The molecule has 31 heavy (non-hydrogen) atoms. The van der Waals surface area contributed by atoms with E-state index in [0.717, 1.165) is 18.6 Å². The Hall–Kier alpha value is -3.49. The first kappa shape index (κ1) is 22.2. The third-order valence-electron chi connectivity index (χ3n) is 4.65. The van der Waals surface area contributed by atoms with Crippen LogP contribution < -0.4 is 20.7 Å². The van der Waals surface area contributed by atoms with E-state index in [1.165, 1.54) is 12.1 Å². The van der Waals surface area contributed by atoms with Gasteiger partial charge in [0.15, 0.2) is 0 Å². The van der Waals surface area contributed by atoms with Gasteiger partial charge in [-0.05, 0) is 37.6 Å². The van der Waals surface area contributed by atoms with Crippen LogP contribution in [0.2, 0.25) is 0 Å². The molecule has 0 fully saturated rings. The van der Waals surface area contributed by atoms with E-state index in [9.17, 15) is 22.8 Å². The molecule has 164 valence electrons. The molecule has 6 nitrogen and oxygen atoms in total. The average molecular weight is 433 g/mol. The fraction of sp³-hybridized carbons (Fsp3) is 0.273. The number of urea groups is 1. The zero-order valence-electron chi connectivity index (χ0n) is 17.0. The van der Waals surface area contributed by atoms with E-state index in [4.69, 9.17) is 4.74 Å². The van der Waals surface area contributed by atoms with Crippen LogP contribution in [-0.2, 0) is 11.0 Å². The molecule has 0 bridgehead atoms. The van der Waals surface area contributed by atoms with Gasteiger partial charge < -0.3 is 20.7 Å². The standard InChI is InChI=1S/C22H22F3N3O3/c1-3-11-31-17-10-5-4-9-16(17)19-18(13(2)26-21(30)28-19)20(29)27-15-8-6-7-14(12-15)22(23,24)25/h4-10,12,19H,3,11H2,1-2H3,(H,27,29)(H2,26,28,30). The maximum Gasteiger partial charge on any atom is 0.416 e. The van der Waals surface area contributed by atoms with Gasteiger partial charge in [0.25, 0.3) is 5.91 Å². The Morgan fingerprint density at radius 2 is 1.90 bits per heavy atom. The molecule has 9 heteroatoms. The van der Waals surface area contributed by atoms with Crippen molar-refractivity contribution in [3.63, 3.8) is 0 Å². The van der Waals surface area contributed by atoms with Gasteiger partial charge in [0, 0.05) is 16.9 Å². The number of amides is 3. The summed E-state index contributed by atoms with van der Waals surface area (Å²) in [6, 6.07) is 10.0. The largest absolute Gasteiger partial charge is 0.493 e. The number of nitrogens with one attached hydrogen (secondary N) is 3. The first-order valence-electron chi connectivity index (χ1n) is 9.69. The van der Waals surface area contributed by atoms with E-state index in [-0.39, 0.29) is 11.3 Å². The lowest BCUT2D eigenvalue weighted by molar-refractivity contribution is -0.137. The fourth-order valence-electron chi connectivity index (χ4n) is 3.26. The van der Waals surface area contributed by atoms with Crippen LogP contribution in [0.25, 0.3) is 0 Å². The normalized spacial score (nSPS) is 16.4. The van der Waals surface area contributed by atoms with Gasteiger partial charge in [0.2, 0.25) is 0 Å². The number of halogens is 3. The summed E-state index contributed by atoms with van der Waals surface area (Å²) in [5.74, 6) is -0.131. The molecule has 0 aromatic heterocycles. The molecule has 2 aromatic rings. The molecule has 0 radical (unpaired) electrons. The van der Waals surface area contributed by atoms with E-state index < -0.39 is 29.7 Å². The highest BCUT2D eigenvalue weighted by molar-refractivity contribution is 6.06. The molecule has 0 aliphatic carbocycles. The minimum absolute atomic E-state index is 0.00806. The SMILES string of the molecule is CCCOc1ccccc1C1NC(=O)NC(C)=C1C(=O)Nc1cccc(C(F)(F)F)c1. The number of para-hydroxylation sites is 1. The van der Waals surface area contributed by atoms with Gasteiger partial charge in [-0.3, -0.25) is 4.79 Å². The minimum Gasteiger partial charge on any atom is -0.493 e. The number of hydrogen-bond acceptors (Lipinski definition) is 3. The van der Waals surface area contributed by atoms with Gasteiger partial charge >= 0.3 is 12.2 Å². The number of carbonyl (C=O) groups excluding carboxylic acids is 2. The Morgan fingerprint density at radius 1 is 1.16 bits per heavy atom. The Kier molecular flexibility index (Phi) is 6.53. The van der Waals surface area contributed by atoms with Gasteiger partial charge in [-0.2, -0.15) is 13.2 Å². The highest BCUT2D eigenvalue weighted by Gasteiger charge is 2.34. The summed E-state index contributed by atoms with van der Waals surface area (Å²) < 4.78 is 44.8. The molecule has 3 N–H and O–H groups in total. The van der Waals surface area contributed by atoms with Crippen LogP contribution in [0, 0.1) is 0 Å². The molecule has 0 saturated heterocycles. The van der Waals surface area contributed by atoms with E-state index in [0.29, 0.717) is 23.6 Å². The third-order valence-corrected chi connectivity index (χ3v) is 4.65. The minimum atomic E-state index is -4.53. The second-order valence-electron chi connectivity index (χ2n) is 6.99. The van der Waals surface area contributed by atoms with Gasteiger partial charge in [-0.15, -0.1) is 0 Å². The second kappa shape index (κ2) is 9.11. The van der Waals surface area contributed by atoms with Gasteiger partial charge in [-0.1, -0.05) is 31.2 Å². The van der Waals surface area contributed by atoms with Crippen molar-refractivity contribution in [3.8, 4) is 5.75 Å². The molecular weight excluding hydrogens is 411 g/mol. The topological polar surface area (TPSA) is 79.5 Å².